The molecule has 2 atom stereocenters. The van der Waals surface area contributed by atoms with E-state index in [-0.39, 0.29) is 18.0 Å². The number of rotatable bonds is 7. The Morgan fingerprint density at radius 1 is 1.14 bits per heavy atom. The highest BCUT2D eigenvalue weighted by atomic mass is 16.5. The molecular formula is C22H28N2O4. The predicted octanol–water partition coefficient (Wildman–Crippen LogP) is 3.15. The second-order valence-electron chi connectivity index (χ2n) is 6.95. The van der Waals surface area contributed by atoms with Crippen molar-refractivity contribution in [2.45, 2.75) is 38.5 Å². The molecule has 2 unspecified atom stereocenters. The van der Waals surface area contributed by atoms with E-state index in [4.69, 9.17) is 14.2 Å². The Balaban J connectivity index is 1.78. The van der Waals surface area contributed by atoms with Gasteiger partial charge in [0.05, 0.1) is 14.2 Å². The number of benzene rings is 2. The van der Waals surface area contributed by atoms with Gasteiger partial charge in [0.25, 0.3) is 5.91 Å². The number of carbonyl (C=O) groups is 1. The summed E-state index contributed by atoms with van der Waals surface area (Å²) in [6, 6.07) is 13.6. The van der Waals surface area contributed by atoms with Crippen molar-refractivity contribution in [1.82, 2.24) is 10.6 Å². The van der Waals surface area contributed by atoms with Gasteiger partial charge in [0, 0.05) is 17.6 Å². The van der Waals surface area contributed by atoms with E-state index >= 15 is 0 Å². The second-order valence-corrected chi connectivity index (χ2v) is 6.95. The van der Waals surface area contributed by atoms with Crippen LogP contribution in [0.5, 0.6) is 17.2 Å². The molecule has 0 aromatic heterocycles. The number of methoxy groups -OCH3 is 2. The highest BCUT2D eigenvalue weighted by Gasteiger charge is 2.24. The van der Waals surface area contributed by atoms with Crippen LogP contribution in [0.1, 0.15) is 35.7 Å². The van der Waals surface area contributed by atoms with E-state index in [0.717, 1.165) is 24.9 Å². The molecule has 1 aliphatic heterocycles. The van der Waals surface area contributed by atoms with Crippen LogP contribution in [0, 0.1) is 0 Å². The van der Waals surface area contributed by atoms with E-state index in [0.29, 0.717) is 29.4 Å². The molecule has 1 aliphatic rings. The molecule has 1 fully saturated rings. The predicted molar refractivity (Wildman–Crippen MR) is 108 cm³/mol. The third-order valence-corrected chi connectivity index (χ3v) is 5.03. The average molecular weight is 384 g/mol. The van der Waals surface area contributed by atoms with Crippen molar-refractivity contribution in [2.24, 2.45) is 0 Å². The number of hydrogen-bond acceptors (Lipinski definition) is 5. The van der Waals surface area contributed by atoms with Crippen LogP contribution >= 0.6 is 0 Å². The summed E-state index contributed by atoms with van der Waals surface area (Å²) in [6.07, 6.45) is 2.01. The lowest BCUT2D eigenvalue weighted by atomic mass is 9.99. The van der Waals surface area contributed by atoms with E-state index < -0.39 is 0 Å². The van der Waals surface area contributed by atoms with Crippen molar-refractivity contribution in [2.75, 3.05) is 20.8 Å². The van der Waals surface area contributed by atoms with Crippen molar-refractivity contribution in [1.29, 1.82) is 0 Å². The van der Waals surface area contributed by atoms with Gasteiger partial charge in [-0.3, -0.25) is 4.79 Å². The fourth-order valence-corrected chi connectivity index (χ4v) is 3.38. The molecule has 2 N–H and O–H groups in total. The van der Waals surface area contributed by atoms with Crippen molar-refractivity contribution in [3.8, 4) is 17.2 Å². The first-order valence-electron chi connectivity index (χ1n) is 9.59. The first kappa shape index (κ1) is 20.0. The topological polar surface area (TPSA) is 68.8 Å². The van der Waals surface area contributed by atoms with Gasteiger partial charge in [-0.05, 0) is 44.0 Å². The Hall–Kier alpha value is -2.73. The SMILES string of the molecule is COc1cc(C(=O)NC2CCCNC2C)cc(OC)c1OCc1ccccc1. The van der Waals surface area contributed by atoms with Gasteiger partial charge in [-0.2, -0.15) is 0 Å². The van der Waals surface area contributed by atoms with Crippen molar-refractivity contribution in [3.05, 3.63) is 53.6 Å². The Labute approximate surface area is 166 Å². The molecule has 6 heteroatoms. The number of ether oxygens (including phenoxy) is 3. The summed E-state index contributed by atoms with van der Waals surface area (Å²) in [7, 11) is 3.11. The van der Waals surface area contributed by atoms with Gasteiger partial charge in [0.15, 0.2) is 11.5 Å². The molecule has 1 heterocycles. The highest BCUT2D eigenvalue weighted by Crippen LogP contribution is 2.39. The zero-order chi connectivity index (χ0) is 19.9. The van der Waals surface area contributed by atoms with Crippen LogP contribution in [-0.4, -0.2) is 38.8 Å². The van der Waals surface area contributed by atoms with Gasteiger partial charge in [0.2, 0.25) is 5.75 Å². The summed E-state index contributed by atoms with van der Waals surface area (Å²) in [4.78, 5) is 12.8. The van der Waals surface area contributed by atoms with Crippen LogP contribution in [-0.2, 0) is 6.61 Å². The first-order chi connectivity index (χ1) is 13.6. The smallest absolute Gasteiger partial charge is 0.251 e. The van der Waals surface area contributed by atoms with Gasteiger partial charge in [0.1, 0.15) is 6.61 Å². The lowest BCUT2D eigenvalue weighted by Crippen LogP contribution is -2.51. The lowest BCUT2D eigenvalue weighted by molar-refractivity contribution is 0.0919. The van der Waals surface area contributed by atoms with Gasteiger partial charge in [-0.25, -0.2) is 0 Å². The maximum atomic E-state index is 12.8. The standard InChI is InChI=1S/C22H28N2O4/c1-15-18(10-7-11-23-15)24-22(25)17-12-19(26-2)21(20(13-17)27-3)28-14-16-8-5-4-6-9-16/h4-6,8-9,12-13,15,18,23H,7,10-11,14H2,1-3H3,(H,24,25). The van der Waals surface area contributed by atoms with Crippen LogP contribution in [0.2, 0.25) is 0 Å². The quantitative estimate of drug-likeness (QED) is 0.768. The summed E-state index contributed by atoms with van der Waals surface area (Å²) in [6.45, 7) is 3.46. The van der Waals surface area contributed by atoms with Crippen LogP contribution in [0.3, 0.4) is 0 Å². The summed E-state index contributed by atoms with van der Waals surface area (Å²) < 4.78 is 16.9. The Morgan fingerprint density at radius 3 is 2.43 bits per heavy atom. The van der Waals surface area contributed by atoms with Gasteiger partial charge in [-0.15, -0.1) is 0 Å². The zero-order valence-electron chi connectivity index (χ0n) is 16.7. The number of hydrogen-bond donors (Lipinski definition) is 2. The Morgan fingerprint density at radius 2 is 1.82 bits per heavy atom. The molecule has 2 aromatic carbocycles. The molecule has 0 spiro atoms. The molecule has 2 aromatic rings. The third kappa shape index (κ3) is 4.75. The monoisotopic (exact) mass is 384 g/mol. The minimum Gasteiger partial charge on any atom is -0.493 e. The molecule has 3 rings (SSSR count). The molecule has 1 saturated heterocycles. The minimum atomic E-state index is -0.147. The number of amides is 1. The normalized spacial score (nSPS) is 19.0. The number of carbonyl (C=O) groups excluding carboxylic acids is 1. The molecule has 0 radical (unpaired) electrons. The zero-order valence-corrected chi connectivity index (χ0v) is 16.7. The van der Waals surface area contributed by atoms with Crippen LogP contribution < -0.4 is 24.8 Å². The van der Waals surface area contributed by atoms with Gasteiger partial charge in [-0.1, -0.05) is 30.3 Å². The van der Waals surface area contributed by atoms with Crippen LogP contribution in [0.4, 0.5) is 0 Å². The first-order valence-corrected chi connectivity index (χ1v) is 9.59. The molecule has 1 amide bonds. The lowest BCUT2D eigenvalue weighted by Gasteiger charge is -2.30. The molecular weight excluding hydrogens is 356 g/mol. The van der Waals surface area contributed by atoms with E-state index in [2.05, 4.69) is 17.6 Å². The Kier molecular flexibility index (Phi) is 6.76. The molecule has 150 valence electrons. The van der Waals surface area contributed by atoms with E-state index in [9.17, 15) is 4.79 Å². The van der Waals surface area contributed by atoms with E-state index in [1.165, 1.54) is 0 Å². The molecule has 0 aliphatic carbocycles. The molecule has 6 nitrogen and oxygen atoms in total. The van der Waals surface area contributed by atoms with Crippen molar-refractivity contribution >= 4 is 5.91 Å². The van der Waals surface area contributed by atoms with E-state index in [1.807, 2.05) is 30.3 Å². The van der Waals surface area contributed by atoms with Gasteiger partial charge >= 0.3 is 0 Å². The number of nitrogens with one attached hydrogen (secondary N) is 2. The Bertz CT molecular complexity index is 769. The summed E-state index contributed by atoms with van der Waals surface area (Å²) in [5.41, 5.74) is 1.52. The van der Waals surface area contributed by atoms with E-state index in [1.54, 1.807) is 26.4 Å². The van der Waals surface area contributed by atoms with Crippen LogP contribution in [0.25, 0.3) is 0 Å². The largest absolute Gasteiger partial charge is 0.493 e. The highest BCUT2D eigenvalue weighted by molar-refractivity contribution is 5.95. The third-order valence-electron chi connectivity index (χ3n) is 5.03. The minimum absolute atomic E-state index is 0.104. The fraction of sp³-hybridized carbons (Fsp3) is 0.409. The number of piperidine rings is 1. The summed E-state index contributed by atoms with van der Waals surface area (Å²) in [5.74, 6) is 1.27. The van der Waals surface area contributed by atoms with Crippen molar-refractivity contribution < 1.29 is 19.0 Å². The van der Waals surface area contributed by atoms with Crippen molar-refractivity contribution in [3.63, 3.8) is 0 Å². The van der Waals surface area contributed by atoms with Gasteiger partial charge < -0.3 is 24.8 Å². The average Bonchev–Trinajstić information content (AvgIpc) is 2.73. The molecule has 28 heavy (non-hydrogen) atoms. The summed E-state index contributed by atoms with van der Waals surface area (Å²) in [5, 5.41) is 6.50. The maximum Gasteiger partial charge on any atom is 0.251 e. The summed E-state index contributed by atoms with van der Waals surface area (Å²) >= 11 is 0. The van der Waals surface area contributed by atoms with Crippen LogP contribution in [0.15, 0.2) is 42.5 Å². The molecule has 0 saturated carbocycles. The second kappa shape index (κ2) is 9.46. The maximum absolute atomic E-state index is 12.8. The molecule has 0 bridgehead atoms. The fourth-order valence-electron chi connectivity index (χ4n) is 3.38.